The van der Waals surface area contributed by atoms with Crippen LogP contribution in [0.4, 0.5) is 11.4 Å². The maximum Gasteiger partial charge on any atom is 0.231 e. The molecular weight excluding hydrogens is 232 g/mol. The van der Waals surface area contributed by atoms with Crippen molar-refractivity contribution in [3.8, 4) is 0 Å². The van der Waals surface area contributed by atoms with Gasteiger partial charge in [-0.2, -0.15) is 11.3 Å². The summed E-state index contributed by atoms with van der Waals surface area (Å²) in [7, 11) is 1.78. The van der Waals surface area contributed by atoms with E-state index in [1.54, 1.807) is 35.4 Å². The van der Waals surface area contributed by atoms with Crippen LogP contribution in [0, 0.1) is 0 Å². The number of carbonyl (C=O) groups is 1. The fourth-order valence-corrected chi connectivity index (χ4v) is 2.20. The summed E-state index contributed by atoms with van der Waals surface area (Å²) in [6.07, 6.45) is 0.435. The van der Waals surface area contributed by atoms with E-state index in [1.165, 1.54) is 0 Å². The molecule has 0 atom stereocenters. The lowest BCUT2D eigenvalue weighted by Gasteiger charge is -2.17. The quantitative estimate of drug-likeness (QED) is 0.846. The molecule has 0 spiro atoms. The zero-order chi connectivity index (χ0) is 12.3. The number of anilines is 2. The van der Waals surface area contributed by atoms with Gasteiger partial charge in [0.05, 0.1) is 6.42 Å². The fraction of sp³-hybridized carbons (Fsp3) is 0.154. The van der Waals surface area contributed by atoms with Gasteiger partial charge >= 0.3 is 0 Å². The number of thiophene rings is 1. The third-order valence-electron chi connectivity index (χ3n) is 2.59. The zero-order valence-electron chi connectivity index (χ0n) is 9.59. The highest BCUT2D eigenvalue weighted by Gasteiger charge is 2.11. The SMILES string of the molecule is CN(C(=O)Cc1ccsc1)c1ccc(N)cc1. The van der Waals surface area contributed by atoms with Crippen molar-refractivity contribution in [2.45, 2.75) is 6.42 Å². The van der Waals surface area contributed by atoms with Gasteiger partial charge in [-0.1, -0.05) is 0 Å². The Morgan fingerprint density at radius 1 is 1.29 bits per heavy atom. The first-order chi connectivity index (χ1) is 8.16. The van der Waals surface area contributed by atoms with Gasteiger partial charge in [-0.3, -0.25) is 4.79 Å². The molecule has 2 rings (SSSR count). The molecule has 2 aromatic rings. The Bertz CT molecular complexity index is 491. The third kappa shape index (κ3) is 2.85. The lowest BCUT2D eigenvalue weighted by Crippen LogP contribution is -2.27. The molecule has 0 unspecified atom stereocenters. The van der Waals surface area contributed by atoms with Gasteiger partial charge < -0.3 is 10.6 Å². The number of rotatable bonds is 3. The number of nitrogens with two attached hydrogens (primary N) is 1. The highest BCUT2D eigenvalue weighted by atomic mass is 32.1. The molecule has 0 bridgehead atoms. The first kappa shape index (κ1) is 11.7. The van der Waals surface area contributed by atoms with Crippen molar-refractivity contribution in [3.05, 3.63) is 46.7 Å². The van der Waals surface area contributed by atoms with Crippen molar-refractivity contribution < 1.29 is 4.79 Å². The second-order valence-corrected chi connectivity index (χ2v) is 4.63. The summed E-state index contributed by atoms with van der Waals surface area (Å²) < 4.78 is 0. The summed E-state index contributed by atoms with van der Waals surface area (Å²) in [5, 5.41) is 3.97. The van der Waals surface area contributed by atoms with Gasteiger partial charge in [-0.25, -0.2) is 0 Å². The molecule has 1 heterocycles. The van der Waals surface area contributed by atoms with Gasteiger partial charge in [0.1, 0.15) is 0 Å². The maximum absolute atomic E-state index is 12.0. The summed E-state index contributed by atoms with van der Waals surface area (Å²) in [5.74, 6) is 0.0770. The van der Waals surface area contributed by atoms with Crippen LogP contribution in [0.1, 0.15) is 5.56 Å². The van der Waals surface area contributed by atoms with Gasteiger partial charge in [-0.05, 0) is 46.7 Å². The predicted molar refractivity (Wildman–Crippen MR) is 72.3 cm³/mol. The standard InChI is InChI=1S/C13H14N2OS/c1-15(12-4-2-11(14)3-5-12)13(16)8-10-6-7-17-9-10/h2-7,9H,8,14H2,1H3. The average Bonchev–Trinajstić information content (AvgIpc) is 2.82. The molecule has 88 valence electrons. The Kier molecular flexibility index (Phi) is 3.44. The smallest absolute Gasteiger partial charge is 0.231 e. The summed E-state index contributed by atoms with van der Waals surface area (Å²) >= 11 is 1.60. The van der Waals surface area contributed by atoms with Crippen LogP contribution in [0.2, 0.25) is 0 Å². The molecule has 0 fully saturated rings. The molecule has 0 saturated heterocycles. The normalized spacial score (nSPS) is 10.2. The van der Waals surface area contributed by atoms with E-state index >= 15 is 0 Å². The second kappa shape index (κ2) is 5.01. The van der Waals surface area contributed by atoms with Crippen LogP contribution in [-0.4, -0.2) is 13.0 Å². The van der Waals surface area contributed by atoms with Crippen LogP contribution < -0.4 is 10.6 Å². The van der Waals surface area contributed by atoms with Crippen LogP contribution in [0.25, 0.3) is 0 Å². The van der Waals surface area contributed by atoms with E-state index in [4.69, 9.17) is 5.73 Å². The highest BCUT2D eigenvalue weighted by Crippen LogP contribution is 2.16. The van der Waals surface area contributed by atoms with Crippen LogP contribution in [0.15, 0.2) is 41.1 Å². The molecule has 2 N–H and O–H groups in total. The molecule has 0 saturated carbocycles. The summed E-state index contributed by atoms with van der Waals surface area (Å²) in [6.45, 7) is 0. The van der Waals surface area contributed by atoms with Gasteiger partial charge in [0.15, 0.2) is 0 Å². The number of hydrogen-bond donors (Lipinski definition) is 1. The lowest BCUT2D eigenvalue weighted by atomic mass is 10.2. The molecule has 1 amide bonds. The molecular formula is C13H14N2OS. The number of carbonyl (C=O) groups excluding carboxylic acids is 1. The van der Waals surface area contributed by atoms with E-state index in [9.17, 15) is 4.79 Å². The van der Waals surface area contributed by atoms with E-state index in [0.29, 0.717) is 12.1 Å². The summed E-state index contributed by atoms with van der Waals surface area (Å²) in [4.78, 5) is 13.6. The summed E-state index contributed by atoms with van der Waals surface area (Å²) in [5.41, 5.74) is 8.23. The Hall–Kier alpha value is -1.81. The van der Waals surface area contributed by atoms with Crippen molar-refractivity contribution in [1.82, 2.24) is 0 Å². The Morgan fingerprint density at radius 2 is 2.00 bits per heavy atom. The Balaban J connectivity index is 2.07. The van der Waals surface area contributed by atoms with Gasteiger partial charge in [0.25, 0.3) is 0 Å². The van der Waals surface area contributed by atoms with Crippen LogP contribution in [0.3, 0.4) is 0 Å². The van der Waals surface area contributed by atoms with E-state index in [-0.39, 0.29) is 5.91 Å². The minimum Gasteiger partial charge on any atom is -0.399 e. The first-order valence-electron chi connectivity index (χ1n) is 5.30. The van der Waals surface area contributed by atoms with E-state index in [0.717, 1.165) is 11.3 Å². The monoisotopic (exact) mass is 246 g/mol. The highest BCUT2D eigenvalue weighted by molar-refractivity contribution is 7.08. The Morgan fingerprint density at radius 3 is 2.59 bits per heavy atom. The molecule has 0 aliphatic heterocycles. The molecule has 1 aromatic heterocycles. The minimum atomic E-state index is 0.0770. The van der Waals surface area contributed by atoms with Crippen molar-refractivity contribution in [2.75, 3.05) is 17.7 Å². The molecule has 0 aliphatic carbocycles. The van der Waals surface area contributed by atoms with Gasteiger partial charge in [0.2, 0.25) is 5.91 Å². The minimum absolute atomic E-state index is 0.0770. The predicted octanol–water partition coefficient (Wildman–Crippen LogP) is 2.54. The van der Waals surface area contributed by atoms with E-state index < -0.39 is 0 Å². The molecule has 3 nitrogen and oxygen atoms in total. The number of benzene rings is 1. The number of hydrogen-bond acceptors (Lipinski definition) is 3. The summed E-state index contributed by atoms with van der Waals surface area (Å²) in [6, 6.07) is 9.26. The molecule has 4 heteroatoms. The topological polar surface area (TPSA) is 46.3 Å². The largest absolute Gasteiger partial charge is 0.399 e. The number of amides is 1. The van der Waals surface area contributed by atoms with Crippen LogP contribution >= 0.6 is 11.3 Å². The second-order valence-electron chi connectivity index (χ2n) is 3.85. The van der Waals surface area contributed by atoms with Crippen molar-refractivity contribution >= 4 is 28.6 Å². The third-order valence-corrected chi connectivity index (χ3v) is 3.32. The first-order valence-corrected chi connectivity index (χ1v) is 6.24. The van der Waals surface area contributed by atoms with Gasteiger partial charge in [-0.15, -0.1) is 0 Å². The average molecular weight is 246 g/mol. The van der Waals surface area contributed by atoms with Crippen molar-refractivity contribution in [3.63, 3.8) is 0 Å². The molecule has 1 aromatic carbocycles. The molecule has 17 heavy (non-hydrogen) atoms. The van der Waals surface area contributed by atoms with Crippen LogP contribution in [0.5, 0.6) is 0 Å². The maximum atomic E-state index is 12.0. The number of nitrogens with zero attached hydrogens (tertiary/aromatic N) is 1. The number of likely N-dealkylation sites (N-methyl/N-ethyl adjacent to an activating group) is 1. The number of nitrogen functional groups attached to an aromatic ring is 1. The molecule has 0 aliphatic rings. The lowest BCUT2D eigenvalue weighted by molar-refractivity contribution is -0.117. The zero-order valence-corrected chi connectivity index (χ0v) is 10.4. The van der Waals surface area contributed by atoms with E-state index in [1.807, 2.05) is 29.0 Å². The van der Waals surface area contributed by atoms with Gasteiger partial charge in [0, 0.05) is 18.4 Å². The Labute approximate surface area is 104 Å². The van der Waals surface area contributed by atoms with Crippen molar-refractivity contribution in [2.24, 2.45) is 0 Å². The molecule has 0 radical (unpaired) electrons. The van der Waals surface area contributed by atoms with Crippen LogP contribution in [-0.2, 0) is 11.2 Å². The van der Waals surface area contributed by atoms with Crippen molar-refractivity contribution in [1.29, 1.82) is 0 Å². The fourth-order valence-electron chi connectivity index (χ4n) is 1.53. The van der Waals surface area contributed by atoms with E-state index in [2.05, 4.69) is 0 Å².